The van der Waals surface area contributed by atoms with E-state index in [1.807, 2.05) is 6.20 Å². The molecule has 0 spiro atoms. The first-order valence-corrected chi connectivity index (χ1v) is 9.26. The number of hydrogen-bond acceptors (Lipinski definition) is 3. The summed E-state index contributed by atoms with van der Waals surface area (Å²) in [6.07, 6.45) is 10.2. The highest BCUT2D eigenvalue weighted by Gasteiger charge is 2.22. The van der Waals surface area contributed by atoms with Crippen LogP contribution in [-0.2, 0) is 19.5 Å². The molecule has 4 nitrogen and oxygen atoms in total. The Kier molecular flexibility index (Phi) is 6.05. The van der Waals surface area contributed by atoms with Crippen molar-refractivity contribution in [2.75, 3.05) is 13.1 Å². The van der Waals surface area contributed by atoms with E-state index in [0.29, 0.717) is 6.04 Å². The van der Waals surface area contributed by atoms with E-state index < -0.39 is 0 Å². The van der Waals surface area contributed by atoms with Crippen molar-refractivity contribution in [1.82, 2.24) is 14.5 Å². The van der Waals surface area contributed by atoms with Crippen LogP contribution in [0.5, 0.6) is 0 Å². The van der Waals surface area contributed by atoms with Crippen molar-refractivity contribution in [2.45, 2.75) is 58.2 Å². The molecule has 3 rings (SSSR count). The van der Waals surface area contributed by atoms with Crippen LogP contribution in [0, 0.1) is 6.92 Å². The van der Waals surface area contributed by atoms with Gasteiger partial charge in [0.05, 0.1) is 0 Å². The molecule has 0 radical (unpaired) electrons. The van der Waals surface area contributed by atoms with Crippen LogP contribution in [0.2, 0.25) is 0 Å². The first-order chi connectivity index (χ1) is 11.8. The van der Waals surface area contributed by atoms with Crippen molar-refractivity contribution in [2.24, 2.45) is 5.73 Å². The molecule has 2 aromatic rings. The van der Waals surface area contributed by atoms with Gasteiger partial charge in [0, 0.05) is 31.5 Å². The topological polar surface area (TPSA) is 47.1 Å². The zero-order valence-electron chi connectivity index (χ0n) is 14.8. The van der Waals surface area contributed by atoms with E-state index in [2.05, 4.69) is 51.8 Å². The van der Waals surface area contributed by atoms with Crippen molar-refractivity contribution >= 4 is 0 Å². The zero-order valence-corrected chi connectivity index (χ0v) is 14.8. The van der Waals surface area contributed by atoms with Crippen LogP contribution in [0.4, 0.5) is 0 Å². The van der Waals surface area contributed by atoms with E-state index in [4.69, 9.17) is 5.73 Å². The summed E-state index contributed by atoms with van der Waals surface area (Å²) in [6.45, 7) is 6.16. The third-order valence-corrected chi connectivity index (χ3v) is 5.19. The van der Waals surface area contributed by atoms with Crippen LogP contribution >= 0.6 is 0 Å². The second-order valence-electron chi connectivity index (χ2n) is 6.94. The third kappa shape index (κ3) is 4.46. The molecule has 2 heterocycles. The molecule has 1 saturated heterocycles. The lowest BCUT2D eigenvalue weighted by atomic mass is 9.98. The Morgan fingerprint density at radius 3 is 2.92 bits per heavy atom. The van der Waals surface area contributed by atoms with E-state index in [1.54, 1.807) is 0 Å². The first-order valence-electron chi connectivity index (χ1n) is 9.26. The molecule has 1 aliphatic rings. The molecular weight excluding hydrogens is 296 g/mol. The van der Waals surface area contributed by atoms with Crippen LogP contribution in [0.15, 0.2) is 36.7 Å². The van der Waals surface area contributed by atoms with Gasteiger partial charge in [0.1, 0.15) is 5.82 Å². The molecule has 1 aliphatic heterocycles. The van der Waals surface area contributed by atoms with Gasteiger partial charge in [0.15, 0.2) is 0 Å². The molecule has 0 unspecified atom stereocenters. The highest BCUT2D eigenvalue weighted by atomic mass is 15.2. The highest BCUT2D eigenvalue weighted by Crippen LogP contribution is 2.23. The van der Waals surface area contributed by atoms with Gasteiger partial charge in [0.2, 0.25) is 0 Å². The van der Waals surface area contributed by atoms with Crippen molar-refractivity contribution in [3.05, 3.63) is 53.6 Å². The number of piperidine rings is 1. The molecule has 1 fully saturated rings. The van der Waals surface area contributed by atoms with Crippen LogP contribution in [0.25, 0.3) is 0 Å². The summed E-state index contributed by atoms with van der Waals surface area (Å²) in [7, 11) is 0. The molecule has 1 aromatic carbocycles. The molecular formula is C20H30N4. The number of hydrogen-bond donors (Lipinski definition) is 1. The maximum absolute atomic E-state index is 5.70. The highest BCUT2D eigenvalue weighted by molar-refractivity contribution is 5.23. The third-order valence-electron chi connectivity index (χ3n) is 5.19. The van der Waals surface area contributed by atoms with Gasteiger partial charge in [-0.1, -0.05) is 30.7 Å². The molecule has 4 heteroatoms. The summed E-state index contributed by atoms with van der Waals surface area (Å²) in [5.74, 6) is 1.12. The van der Waals surface area contributed by atoms with E-state index in [9.17, 15) is 0 Å². The van der Waals surface area contributed by atoms with Gasteiger partial charge in [-0.2, -0.15) is 0 Å². The van der Waals surface area contributed by atoms with Crippen LogP contribution in [-0.4, -0.2) is 33.6 Å². The Morgan fingerprint density at radius 2 is 2.12 bits per heavy atom. The number of benzene rings is 1. The second-order valence-corrected chi connectivity index (χ2v) is 6.94. The minimum Gasteiger partial charge on any atom is -0.335 e. The zero-order chi connectivity index (χ0) is 16.8. The molecule has 24 heavy (non-hydrogen) atoms. The fraction of sp³-hybridized carbons (Fsp3) is 0.550. The van der Waals surface area contributed by atoms with Crippen molar-refractivity contribution in [3.63, 3.8) is 0 Å². The summed E-state index contributed by atoms with van der Waals surface area (Å²) >= 11 is 0. The molecule has 130 valence electrons. The predicted octanol–water partition coefficient (Wildman–Crippen LogP) is 3.14. The first kappa shape index (κ1) is 17.2. The Labute approximate surface area is 145 Å². The largest absolute Gasteiger partial charge is 0.335 e. The summed E-state index contributed by atoms with van der Waals surface area (Å²) in [4.78, 5) is 7.01. The Bertz CT molecular complexity index is 634. The SMILES string of the molecule is Cc1nccn1CC[C@@H]1CCCCN1Cc1cccc(CCN)c1. The summed E-state index contributed by atoms with van der Waals surface area (Å²) in [5.41, 5.74) is 8.48. The van der Waals surface area contributed by atoms with Gasteiger partial charge in [-0.3, -0.25) is 4.90 Å². The molecule has 0 amide bonds. The quantitative estimate of drug-likeness (QED) is 0.850. The fourth-order valence-electron chi connectivity index (χ4n) is 3.81. The number of aryl methyl sites for hydroxylation is 2. The minimum absolute atomic E-state index is 0.679. The number of nitrogens with zero attached hydrogens (tertiary/aromatic N) is 3. The van der Waals surface area contributed by atoms with Crippen molar-refractivity contribution < 1.29 is 0 Å². The predicted molar refractivity (Wildman–Crippen MR) is 98.8 cm³/mol. The molecule has 0 aliphatic carbocycles. The fourth-order valence-corrected chi connectivity index (χ4v) is 3.81. The number of likely N-dealkylation sites (tertiary alicyclic amines) is 1. The second kappa shape index (κ2) is 8.45. The summed E-state index contributed by atoms with van der Waals surface area (Å²) < 4.78 is 2.27. The molecule has 0 bridgehead atoms. The normalized spacial score (nSPS) is 18.8. The lowest BCUT2D eigenvalue weighted by molar-refractivity contribution is 0.128. The van der Waals surface area contributed by atoms with Crippen molar-refractivity contribution in [3.8, 4) is 0 Å². The minimum atomic E-state index is 0.679. The van der Waals surface area contributed by atoms with Crippen molar-refractivity contribution in [1.29, 1.82) is 0 Å². The van der Waals surface area contributed by atoms with Crippen LogP contribution in [0.1, 0.15) is 42.6 Å². The summed E-state index contributed by atoms with van der Waals surface area (Å²) in [5, 5.41) is 0. The Morgan fingerprint density at radius 1 is 1.25 bits per heavy atom. The van der Waals surface area contributed by atoms with Gasteiger partial charge in [-0.25, -0.2) is 4.98 Å². The number of aromatic nitrogens is 2. The number of rotatable bonds is 7. The molecule has 0 saturated carbocycles. The Balaban J connectivity index is 1.61. The van der Waals surface area contributed by atoms with Crippen LogP contribution in [0.3, 0.4) is 0 Å². The molecule has 1 atom stereocenters. The smallest absolute Gasteiger partial charge is 0.105 e. The van der Waals surface area contributed by atoms with E-state index in [1.165, 1.54) is 43.4 Å². The van der Waals surface area contributed by atoms with E-state index in [-0.39, 0.29) is 0 Å². The monoisotopic (exact) mass is 326 g/mol. The number of nitrogens with two attached hydrogens (primary N) is 1. The molecule has 1 aromatic heterocycles. The van der Waals surface area contributed by atoms with Gasteiger partial charge in [0.25, 0.3) is 0 Å². The standard InChI is InChI=1S/C20H30N4/c1-17-22-11-14-23(17)13-9-20-7-2-3-12-24(20)16-19-6-4-5-18(15-19)8-10-21/h4-6,11,14-15,20H,2-3,7-10,12-13,16,21H2,1H3/t20-/m0/s1. The number of imidazole rings is 1. The molecule has 2 N–H and O–H groups in total. The lowest BCUT2D eigenvalue weighted by Gasteiger charge is -2.36. The van der Waals surface area contributed by atoms with E-state index >= 15 is 0 Å². The van der Waals surface area contributed by atoms with Gasteiger partial charge in [-0.05, 0) is 56.8 Å². The lowest BCUT2D eigenvalue weighted by Crippen LogP contribution is -2.39. The van der Waals surface area contributed by atoms with Gasteiger partial charge < -0.3 is 10.3 Å². The maximum atomic E-state index is 5.70. The van der Waals surface area contributed by atoms with Gasteiger partial charge in [-0.15, -0.1) is 0 Å². The maximum Gasteiger partial charge on any atom is 0.105 e. The summed E-state index contributed by atoms with van der Waals surface area (Å²) in [6, 6.07) is 9.63. The average Bonchev–Trinajstić information content (AvgIpc) is 3.00. The van der Waals surface area contributed by atoms with E-state index in [0.717, 1.165) is 31.9 Å². The Hall–Kier alpha value is -1.65. The van der Waals surface area contributed by atoms with Gasteiger partial charge >= 0.3 is 0 Å². The average molecular weight is 326 g/mol. The van der Waals surface area contributed by atoms with Crippen LogP contribution < -0.4 is 5.73 Å².